The van der Waals surface area contributed by atoms with Crippen LogP contribution in [0.2, 0.25) is 0 Å². The van der Waals surface area contributed by atoms with Crippen molar-refractivity contribution in [1.82, 2.24) is 13.9 Å². The number of carbonyl (C=O) groups is 1. The van der Waals surface area contributed by atoms with E-state index < -0.39 is 26.1 Å². The van der Waals surface area contributed by atoms with Gasteiger partial charge in [0.2, 0.25) is 26.0 Å². The second-order valence-electron chi connectivity index (χ2n) is 8.54. The first-order valence-corrected chi connectivity index (χ1v) is 14.1. The molecule has 0 bridgehead atoms. The Morgan fingerprint density at radius 1 is 1.06 bits per heavy atom. The van der Waals surface area contributed by atoms with Gasteiger partial charge in [0.1, 0.15) is 6.04 Å². The van der Waals surface area contributed by atoms with E-state index in [9.17, 15) is 21.6 Å². The molecule has 0 aromatic heterocycles. The molecule has 2 aliphatic heterocycles. The molecular formula is C21H33N3O5S2. The second kappa shape index (κ2) is 9.97. The van der Waals surface area contributed by atoms with E-state index in [1.165, 1.54) is 4.31 Å². The fraction of sp³-hybridized carbons (Fsp3) is 0.667. The number of hydrogen-bond donors (Lipinski definition) is 1. The minimum Gasteiger partial charge on any atom is -0.341 e. The molecule has 31 heavy (non-hydrogen) atoms. The average molecular weight is 472 g/mol. The first-order valence-electron chi connectivity index (χ1n) is 11.0. The van der Waals surface area contributed by atoms with Gasteiger partial charge in [-0.2, -0.15) is 4.31 Å². The number of nitrogens with one attached hydrogen (secondary N) is 1. The van der Waals surface area contributed by atoms with Crippen LogP contribution in [0, 0.1) is 12.8 Å². The van der Waals surface area contributed by atoms with Gasteiger partial charge in [-0.1, -0.05) is 24.6 Å². The van der Waals surface area contributed by atoms with Crippen LogP contribution in [0.5, 0.6) is 0 Å². The third-order valence-corrected chi connectivity index (χ3v) is 9.55. The Bertz CT molecular complexity index is 977. The first-order chi connectivity index (χ1) is 14.6. The number of carbonyl (C=O) groups excluding carboxylic acids is 1. The number of piperidine rings is 1. The van der Waals surface area contributed by atoms with E-state index in [0.717, 1.165) is 18.4 Å². The largest absolute Gasteiger partial charge is 0.341 e. The molecule has 2 heterocycles. The zero-order valence-corrected chi connectivity index (χ0v) is 19.9. The highest BCUT2D eigenvalue weighted by Crippen LogP contribution is 2.26. The maximum atomic E-state index is 13.1. The molecule has 2 saturated heterocycles. The summed E-state index contributed by atoms with van der Waals surface area (Å²) in [4.78, 5) is 15.1. The van der Waals surface area contributed by atoms with Crippen LogP contribution in [0.1, 0.15) is 44.6 Å². The van der Waals surface area contributed by atoms with Crippen LogP contribution < -0.4 is 4.72 Å². The van der Waals surface area contributed by atoms with Crippen LogP contribution in [0.4, 0.5) is 0 Å². The lowest BCUT2D eigenvalue weighted by Gasteiger charge is -2.36. The lowest BCUT2D eigenvalue weighted by Crippen LogP contribution is -2.51. The number of sulfonamides is 2. The van der Waals surface area contributed by atoms with Gasteiger partial charge in [0.05, 0.1) is 10.6 Å². The predicted octanol–water partition coefficient (Wildman–Crippen LogP) is 1.72. The number of benzene rings is 1. The molecule has 10 heteroatoms. The first kappa shape index (κ1) is 24.2. The number of hydrogen-bond acceptors (Lipinski definition) is 5. The molecular weight excluding hydrogens is 438 g/mol. The van der Waals surface area contributed by atoms with Crippen LogP contribution in [0.15, 0.2) is 29.2 Å². The summed E-state index contributed by atoms with van der Waals surface area (Å²) in [6, 6.07) is 6.06. The monoisotopic (exact) mass is 471 g/mol. The van der Waals surface area contributed by atoms with Gasteiger partial charge < -0.3 is 4.90 Å². The minimum absolute atomic E-state index is 0.0000235. The Labute approximate surface area is 186 Å². The van der Waals surface area contributed by atoms with E-state index in [1.54, 1.807) is 29.2 Å². The standard InChI is InChI=1S/C21H33N3O5S2/c1-3-14-30(26,27)24-13-5-7-20(24)21(25)23-12-4-6-18(16-23)15-22-31(28,29)19-10-8-17(2)9-11-19/h8-11,18,20,22H,3-7,12-16H2,1-2H3. The highest BCUT2D eigenvalue weighted by molar-refractivity contribution is 7.89. The third kappa shape index (κ3) is 5.85. The van der Waals surface area contributed by atoms with E-state index >= 15 is 0 Å². The van der Waals surface area contributed by atoms with Crippen molar-refractivity contribution in [3.8, 4) is 0 Å². The van der Waals surface area contributed by atoms with Crippen molar-refractivity contribution in [2.24, 2.45) is 5.92 Å². The van der Waals surface area contributed by atoms with Crippen molar-refractivity contribution in [3.63, 3.8) is 0 Å². The smallest absolute Gasteiger partial charge is 0.241 e. The van der Waals surface area contributed by atoms with Gasteiger partial charge in [-0.15, -0.1) is 0 Å². The van der Waals surface area contributed by atoms with E-state index in [2.05, 4.69) is 4.72 Å². The lowest BCUT2D eigenvalue weighted by atomic mass is 9.97. The number of rotatable bonds is 8. The predicted molar refractivity (Wildman–Crippen MR) is 119 cm³/mol. The molecule has 2 aliphatic rings. The molecule has 8 nitrogen and oxygen atoms in total. The Morgan fingerprint density at radius 2 is 1.74 bits per heavy atom. The normalized spacial score (nSPS) is 23.2. The lowest BCUT2D eigenvalue weighted by molar-refractivity contribution is -0.136. The molecule has 0 spiro atoms. The van der Waals surface area contributed by atoms with Gasteiger partial charge in [0.25, 0.3) is 0 Å². The van der Waals surface area contributed by atoms with Gasteiger partial charge in [0.15, 0.2) is 0 Å². The molecule has 0 radical (unpaired) electrons. The van der Waals surface area contributed by atoms with E-state index in [-0.39, 0.29) is 29.0 Å². The Balaban J connectivity index is 1.61. The Morgan fingerprint density at radius 3 is 2.42 bits per heavy atom. The SMILES string of the molecule is CCCS(=O)(=O)N1CCCC1C(=O)N1CCCC(CNS(=O)(=O)c2ccc(C)cc2)C1. The molecule has 1 N–H and O–H groups in total. The van der Waals surface area contributed by atoms with Crippen LogP contribution in [-0.4, -0.2) is 69.9 Å². The van der Waals surface area contributed by atoms with Crippen molar-refractivity contribution >= 4 is 26.0 Å². The third-order valence-electron chi connectivity index (χ3n) is 6.03. The molecule has 1 aromatic carbocycles. The number of aryl methyl sites for hydroxylation is 1. The van der Waals surface area contributed by atoms with Gasteiger partial charge >= 0.3 is 0 Å². The van der Waals surface area contributed by atoms with Crippen molar-refractivity contribution in [2.75, 3.05) is 31.9 Å². The van der Waals surface area contributed by atoms with Crippen molar-refractivity contribution < 1.29 is 21.6 Å². The number of likely N-dealkylation sites (tertiary alicyclic amines) is 1. The van der Waals surface area contributed by atoms with Crippen LogP contribution in [-0.2, 0) is 24.8 Å². The zero-order chi connectivity index (χ0) is 22.6. The maximum absolute atomic E-state index is 13.1. The molecule has 3 rings (SSSR count). The summed E-state index contributed by atoms with van der Waals surface area (Å²) in [6.45, 7) is 5.38. The fourth-order valence-electron chi connectivity index (χ4n) is 4.37. The summed E-state index contributed by atoms with van der Waals surface area (Å²) in [7, 11) is -7.03. The Hall–Kier alpha value is -1.49. The topological polar surface area (TPSA) is 104 Å². The summed E-state index contributed by atoms with van der Waals surface area (Å²) >= 11 is 0. The number of nitrogens with zero attached hydrogens (tertiary/aromatic N) is 2. The molecule has 1 aromatic rings. The van der Waals surface area contributed by atoms with E-state index in [4.69, 9.17) is 0 Å². The highest BCUT2D eigenvalue weighted by Gasteiger charge is 2.40. The summed E-state index contributed by atoms with van der Waals surface area (Å²) in [5, 5.41) is 0. The maximum Gasteiger partial charge on any atom is 0.241 e. The minimum atomic E-state index is -3.61. The molecule has 2 atom stereocenters. The van der Waals surface area contributed by atoms with Crippen LogP contribution in [0.25, 0.3) is 0 Å². The van der Waals surface area contributed by atoms with Crippen molar-refractivity contribution in [1.29, 1.82) is 0 Å². The number of amides is 1. The molecule has 0 saturated carbocycles. The summed E-state index contributed by atoms with van der Waals surface area (Å²) in [6.07, 6.45) is 3.35. The molecule has 2 unspecified atom stereocenters. The quantitative estimate of drug-likeness (QED) is 0.622. The summed E-state index contributed by atoms with van der Waals surface area (Å²) in [5.41, 5.74) is 0.988. The van der Waals surface area contributed by atoms with E-state index in [1.807, 2.05) is 13.8 Å². The highest BCUT2D eigenvalue weighted by atomic mass is 32.2. The average Bonchev–Trinajstić information content (AvgIpc) is 3.23. The Kier molecular flexibility index (Phi) is 7.77. The second-order valence-corrected chi connectivity index (χ2v) is 12.4. The van der Waals surface area contributed by atoms with Crippen molar-refractivity contribution in [2.45, 2.75) is 56.9 Å². The van der Waals surface area contributed by atoms with Gasteiger partial charge in [0, 0.05) is 26.2 Å². The van der Waals surface area contributed by atoms with Gasteiger partial charge in [-0.25, -0.2) is 21.6 Å². The van der Waals surface area contributed by atoms with Gasteiger partial charge in [-0.05, 0) is 57.1 Å². The summed E-state index contributed by atoms with van der Waals surface area (Å²) in [5.74, 6) is -0.0940. The summed E-state index contributed by atoms with van der Waals surface area (Å²) < 4.78 is 54.3. The fourth-order valence-corrected chi connectivity index (χ4v) is 7.22. The molecule has 174 valence electrons. The molecule has 2 fully saturated rings. The molecule has 1 amide bonds. The van der Waals surface area contributed by atoms with Crippen LogP contribution in [0.3, 0.4) is 0 Å². The van der Waals surface area contributed by atoms with Crippen molar-refractivity contribution in [3.05, 3.63) is 29.8 Å². The van der Waals surface area contributed by atoms with E-state index in [0.29, 0.717) is 38.9 Å². The zero-order valence-electron chi connectivity index (χ0n) is 18.3. The molecule has 0 aliphatic carbocycles. The van der Waals surface area contributed by atoms with Crippen LogP contribution >= 0.6 is 0 Å². The van der Waals surface area contributed by atoms with Gasteiger partial charge in [-0.3, -0.25) is 4.79 Å².